The molecule has 0 radical (unpaired) electrons. The molecule has 0 aliphatic rings. The lowest BCUT2D eigenvalue weighted by Crippen LogP contribution is -2.11. The molecule has 96 valence electrons. The van der Waals surface area contributed by atoms with E-state index in [9.17, 15) is 0 Å². The number of nitrogens with two attached hydrogens (primary N) is 1. The fraction of sp³-hybridized carbons (Fsp3) is 0.308. The SMILES string of the molecule is CCCn1cc(C(N)c2cc(Cl)ccc2Cl)cn1. The molecule has 0 saturated carbocycles. The first kappa shape index (κ1) is 13.4. The first-order valence-electron chi connectivity index (χ1n) is 5.84. The molecule has 1 heterocycles. The van der Waals surface area contributed by atoms with Crippen LogP contribution in [0.3, 0.4) is 0 Å². The number of hydrogen-bond acceptors (Lipinski definition) is 2. The third kappa shape index (κ3) is 2.86. The molecule has 3 nitrogen and oxygen atoms in total. The van der Waals surface area contributed by atoms with Crippen LogP contribution in [-0.4, -0.2) is 9.78 Å². The number of nitrogens with zero attached hydrogens (tertiary/aromatic N) is 2. The molecule has 0 bridgehead atoms. The number of aromatic nitrogens is 2. The van der Waals surface area contributed by atoms with Crippen LogP contribution in [0.25, 0.3) is 0 Å². The van der Waals surface area contributed by atoms with Gasteiger partial charge in [-0.3, -0.25) is 4.68 Å². The molecule has 0 aliphatic carbocycles. The number of rotatable bonds is 4. The minimum Gasteiger partial charge on any atom is -0.320 e. The van der Waals surface area contributed by atoms with Crippen LogP contribution in [0, 0.1) is 0 Å². The zero-order chi connectivity index (χ0) is 13.1. The van der Waals surface area contributed by atoms with Crippen molar-refractivity contribution in [2.24, 2.45) is 5.73 Å². The van der Waals surface area contributed by atoms with E-state index >= 15 is 0 Å². The van der Waals surface area contributed by atoms with E-state index in [1.54, 1.807) is 24.4 Å². The van der Waals surface area contributed by atoms with E-state index in [1.165, 1.54) is 0 Å². The highest BCUT2D eigenvalue weighted by molar-refractivity contribution is 6.33. The van der Waals surface area contributed by atoms with Gasteiger partial charge in [-0.05, 0) is 30.2 Å². The summed E-state index contributed by atoms with van der Waals surface area (Å²) in [6.45, 7) is 2.99. The molecule has 0 spiro atoms. The minimum absolute atomic E-state index is 0.304. The van der Waals surface area contributed by atoms with Gasteiger partial charge in [0.25, 0.3) is 0 Å². The Bertz CT molecular complexity index is 537. The Morgan fingerprint density at radius 1 is 1.39 bits per heavy atom. The average Bonchev–Trinajstić information content (AvgIpc) is 2.80. The van der Waals surface area contributed by atoms with Crippen LogP contribution >= 0.6 is 23.2 Å². The largest absolute Gasteiger partial charge is 0.320 e. The van der Waals surface area contributed by atoms with Crippen molar-refractivity contribution in [1.29, 1.82) is 0 Å². The second-order valence-corrected chi connectivity index (χ2v) is 5.02. The third-order valence-corrected chi connectivity index (χ3v) is 3.34. The highest BCUT2D eigenvalue weighted by Gasteiger charge is 2.14. The molecule has 1 atom stereocenters. The summed E-state index contributed by atoms with van der Waals surface area (Å²) in [4.78, 5) is 0. The Labute approximate surface area is 117 Å². The zero-order valence-electron chi connectivity index (χ0n) is 10.1. The highest BCUT2D eigenvalue weighted by Crippen LogP contribution is 2.28. The van der Waals surface area contributed by atoms with Gasteiger partial charge in [0.2, 0.25) is 0 Å². The Morgan fingerprint density at radius 2 is 2.17 bits per heavy atom. The Kier molecular flexibility index (Phi) is 4.27. The lowest BCUT2D eigenvalue weighted by atomic mass is 10.0. The minimum atomic E-state index is -0.304. The van der Waals surface area contributed by atoms with E-state index in [0.717, 1.165) is 24.1 Å². The molecule has 1 aromatic carbocycles. The molecule has 0 saturated heterocycles. The third-order valence-electron chi connectivity index (χ3n) is 2.76. The number of hydrogen-bond donors (Lipinski definition) is 1. The monoisotopic (exact) mass is 283 g/mol. The number of halogens is 2. The molecular formula is C13H15Cl2N3. The average molecular weight is 284 g/mol. The highest BCUT2D eigenvalue weighted by atomic mass is 35.5. The summed E-state index contributed by atoms with van der Waals surface area (Å²) in [5, 5.41) is 5.52. The lowest BCUT2D eigenvalue weighted by Gasteiger charge is -2.12. The van der Waals surface area contributed by atoms with E-state index in [-0.39, 0.29) is 6.04 Å². The predicted molar refractivity (Wildman–Crippen MR) is 75.0 cm³/mol. The summed E-state index contributed by atoms with van der Waals surface area (Å²) in [5.74, 6) is 0. The van der Waals surface area contributed by atoms with Crippen molar-refractivity contribution in [1.82, 2.24) is 9.78 Å². The van der Waals surface area contributed by atoms with E-state index in [4.69, 9.17) is 28.9 Å². The second-order valence-electron chi connectivity index (χ2n) is 4.18. The summed E-state index contributed by atoms with van der Waals surface area (Å²) < 4.78 is 1.88. The van der Waals surface area contributed by atoms with Gasteiger partial charge in [-0.1, -0.05) is 30.1 Å². The summed E-state index contributed by atoms with van der Waals surface area (Å²) in [5.41, 5.74) is 7.96. The molecule has 0 aliphatic heterocycles. The van der Waals surface area contributed by atoms with Crippen molar-refractivity contribution in [2.75, 3.05) is 0 Å². The molecule has 5 heteroatoms. The first-order chi connectivity index (χ1) is 8.61. The fourth-order valence-electron chi connectivity index (χ4n) is 1.82. The van der Waals surface area contributed by atoms with Gasteiger partial charge in [0.1, 0.15) is 0 Å². The second kappa shape index (κ2) is 5.74. The van der Waals surface area contributed by atoms with Gasteiger partial charge in [-0.15, -0.1) is 0 Å². The molecule has 2 rings (SSSR count). The van der Waals surface area contributed by atoms with Gasteiger partial charge in [-0.2, -0.15) is 5.10 Å². The van der Waals surface area contributed by atoms with E-state index in [0.29, 0.717) is 10.0 Å². The van der Waals surface area contributed by atoms with Crippen molar-refractivity contribution in [2.45, 2.75) is 25.9 Å². The Morgan fingerprint density at radius 3 is 2.89 bits per heavy atom. The maximum atomic E-state index is 6.20. The van der Waals surface area contributed by atoms with Crippen molar-refractivity contribution in [3.05, 3.63) is 51.8 Å². The van der Waals surface area contributed by atoms with Gasteiger partial charge < -0.3 is 5.73 Å². The van der Waals surface area contributed by atoms with Gasteiger partial charge in [0.15, 0.2) is 0 Å². The molecule has 2 N–H and O–H groups in total. The summed E-state index contributed by atoms with van der Waals surface area (Å²) in [6.07, 6.45) is 4.76. The summed E-state index contributed by atoms with van der Waals surface area (Å²) in [7, 11) is 0. The zero-order valence-corrected chi connectivity index (χ0v) is 11.6. The molecular weight excluding hydrogens is 269 g/mol. The summed E-state index contributed by atoms with van der Waals surface area (Å²) in [6, 6.07) is 5.00. The smallest absolute Gasteiger partial charge is 0.0598 e. The molecule has 1 aromatic heterocycles. The van der Waals surface area contributed by atoms with Crippen molar-refractivity contribution < 1.29 is 0 Å². The predicted octanol–water partition coefficient (Wildman–Crippen LogP) is 3.65. The van der Waals surface area contributed by atoms with Crippen LogP contribution in [0.5, 0.6) is 0 Å². The normalized spacial score (nSPS) is 12.7. The molecule has 18 heavy (non-hydrogen) atoms. The van der Waals surface area contributed by atoms with Crippen molar-refractivity contribution >= 4 is 23.2 Å². The van der Waals surface area contributed by atoms with E-state index in [2.05, 4.69) is 12.0 Å². The first-order valence-corrected chi connectivity index (χ1v) is 6.60. The van der Waals surface area contributed by atoms with Gasteiger partial charge >= 0.3 is 0 Å². The van der Waals surface area contributed by atoms with Crippen molar-refractivity contribution in [3.8, 4) is 0 Å². The van der Waals surface area contributed by atoms with Crippen molar-refractivity contribution in [3.63, 3.8) is 0 Å². The van der Waals surface area contributed by atoms with Crippen LogP contribution < -0.4 is 5.73 Å². The standard InChI is InChI=1S/C13H15Cl2N3/c1-2-5-18-8-9(7-17-18)13(16)11-6-10(14)3-4-12(11)15/h3-4,6-8,13H,2,5,16H2,1H3. The lowest BCUT2D eigenvalue weighted by molar-refractivity contribution is 0.602. The fourth-order valence-corrected chi connectivity index (χ4v) is 2.24. The molecule has 1 unspecified atom stereocenters. The Hall–Kier alpha value is -1.03. The number of benzene rings is 1. The van der Waals surface area contributed by atoms with Crippen LogP contribution in [-0.2, 0) is 6.54 Å². The van der Waals surface area contributed by atoms with Gasteiger partial charge in [-0.25, -0.2) is 0 Å². The summed E-state index contributed by atoms with van der Waals surface area (Å²) >= 11 is 12.1. The van der Waals surface area contributed by atoms with Crippen LogP contribution in [0.4, 0.5) is 0 Å². The Balaban J connectivity index is 2.29. The maximum absolute atomic E-state index is 6.20. The topological polar surface area (TPSA) is 43.8 Å². The van der Waals surface area contributed by atoms with Gasteiger partial charge in [0.05, 0.1) is 12.2 Å². The maximum Gasteiger partial charge on any atom is 0.0598 e. The van der Waals surface area contributed by atoms with Crippen LogP contribution in [0.1, 0.15) is 30.5 Å². The van der Waals surface area contributed by atoms with Gasteiger partial charge in [0, 0.05) is 28.4 Å². The molecule has 0 amide bonds. The van der Waals surface area contributed by atoms with Crippen LogP contribution in [0.15, 0.2) is 30.6 Å². The van der Waals surface area contributed by atoms with Crippen LogP contribution in [0.2, 0.25) is 10.0 Å². The number of aryl methyl sites for hydroxylation is 1. The molecule has 0 fully saturated rings. The van der Waals surface area contributed by atoms with E-state index < -0.39 is 0 Å². The molecule has 2 aromatic rings. The van der Waals surface area contributed by atoms with E-state index in [1.807, 2.05) is 10.9 Å². The quantitative estimate of drug-likeness (QED) is 0.931.